The summed E-state index contributed by atoms with van der Waals surface area (Å²) in [6.07, 6.45) is 5.68. The van der Waals surface area contributed by atoms with Gasteiger partial charge in [-0.2, -0.15) is 0 Å². The van der Waals surface area contributed by atoms with E-state index in [4.69, 9.17) is 16.0 Å². The normalized spacial score (nSPS) is 16.9. The summed E-state index contributed by atoms with van der Waals surface area (Å²) in [6.45, 7) is 4.68. The molecule has 3 aromatic rings. The minimum absolute atomic E-state index is 0.106. The SMILES string of the molecule is Cc1nc(C)c(CC(=O)N2CCCC[C@H]2c2ncc(Cc3ccccc3Cl)o2)s1. The zero-order chi connectivity index (χ0) is 20.4. The Labute approximate surface area is 179 Å². The van der Waals surface area contributed by atoms with Crippen LogP contribution in [-0.4, -0.2) is 27.3 Å². The van der Waals surface area contributed by atoms with Gasteiger partial charge in [-0.3, -0.25) is 4.79 Å². The van der Waals surface area contributed by atoms with Crippen LogP contribution >= 0.6 is 22.9 Å². The molecule has 5 nitrogen and oxygen atoms in total. The number of halogens is 1. The number of carbonyl (C=O) groups is 1. The molecule has 1 aromatic carbocycles. The van der Waals surface area contributed by atoms with E-state index in [1.165, 1.54) is 0 Å². The first-order chi connectivity index (χ1) is 14.0. The number of benzene rings is 1. The summed E-state index contributed by atoms with van der Waals surface area (Å²) >= 11 is 7.87. The van der Waals surface area contributed by atoms with Crippen LogP contribution in [0.3, 0.4) is 0 Å². The van der Waals surface area contributed by atoms with Crippen LogP contribution in [0.4, 0.5) is 0 Å². The Morgan fingerprint density at radius 3 is 2.90 bits per heavy atom. The van der Waals surface area contributed by atoms with E-state index in [-0.39, 0.29) is 11.9 Å². The second kappa shape index (κ2) is 8.67. The highest BCUT2D eigenvalue weighted by Gasteiger charge is 2.31. The van der Waals surface area contributed by atoms with Gasteiger partial charge in [-0.05, 0) is 44.7 Å². The average molecular weight is 430 g/mol. The van der Waals surface area contributed by atoms with Gasteiger partial charge >= 0.3 is 0 Å². The van der Waals surface area contributed by atoms with Crippen molar-refractivity contribution in [2.75, 3.05) is 6.54 Å². The molecule has 0 bridgehead atoms. The topological polar surface area (TPSA) is 59.2 Å². The van der Waals surface area contributed by atoms with E-state index in [1.807, 2.05) is 43.0 Å². The number of hydrogen-bond acceptors (Lipinski definition) is 5. The maximum Gasteiger partial charge on any atom is 0.228 e. The number of hydrogen-bond donors (Lipinski definition) is 0. The van der Waals surface area contributed by atoms with Gasteiger partial charge in [0.05, 0.1) is 23.3 Å². The van der Waals surface area contributed by atoms with Crippen LogP contribution in [0.2, 0.25) is 5.02 Å². The molecule has 152 valence electrons. The zero-order valence-corrected chi connectivity index (χ0v) is 18.2. The van der Waals surface area contributed by atoms with E-state index in [9.17, 15) is 4.79 Å². The molecule has 1 amide bonds. The summed E-state index contributed by atoms with van der Waals surface area (Å²) in [7, 11) is 0. The molecule has 0 saturated carbocycles. The molecule has 0 N–H and O–H groups in total. The Morgan fingerprint density at radius 2 is 2.14 bits per heavy atom. The number of amides is 1. The first-order valence-corrected chi connectivity index (χ1v) is 11.1. The summed E-state index contributed by atoms with van der Waals surface area (Å²) in [4.78, 5) is 25.0. The van der Waals surface area contributed by atoms with Crippen molar-refractivity contribution < 1.29 is 9.21 Å². The van der Waals surface area contributed by atoms with E-state index in [2.05, 4.69) is 9.97 Å². The van der Waals surface area contributed by atoms with Crippen molar-refractivity contribution in [3.8, 4) is 0 Å². The molecule has 0 aliphatic carbocycles. The molecular formula is C22H24ClN3O2S. The average Bonchev–Trinajstić information content (AvgIpc) is 3.29. The summed E-state index contributed by atoms with van der Waals surface area (Å²) in [5.74, 6) is 1.50. The number of piperidine rings is 1. The van der Waals surface area contributed by atoms with E-state index in [1.54, 1.807) is 17.5 Å². The fraction of sp³-hybridized carbons (Fsp3) is 0.409. The molecule has 1 aliphatic heterocycles. The smallest absolute Gasteiger partial charge is 0.228 e. The molecule has 3 heterocycles. The van der Waals surface area contributed by atoms with E-state index in [0.29, 0.717) is 18.7 Å². The third kappa shape index (κ3) is 4.54. The first-order valence-electron chi connectivity index (χ1n) is 9.91. The number of aromatic nitrogens is 2. The highest BCUT2D eigenvalue weighted by atomic mass is 35.5. The van der Waals surface area contributed by atoms with Crippen LogP contribution in [0, 0.1) is 13.8 Å². The lowest BCUT2D eigenvalue weighted by Crippen LogP contribution is -2.39. The summed E-state index contributed by atoms with van der Waals surface area (Å²) in [5, 5.41) is 1.72. The quantitative estimate of drug-likeness (QED) is 0.553. The van der Waals surface area contributed by atoms with Gasteiger partial charge in [-0.15, -0.1) is 11.3 Å². The summed E-state index contributed by atoms with van der Waals surface area (Å²) in [5.41, 5.74) is 1.96. The fourth-order valence-corrected chi connectivity index (χ4v) is 4.98. The number of carbonyl (C=O) groups excluding carboxylic acids is 1. The molecule has 1 fully saturated rings. The van der Waals surface area contributed by atoms with Gasteiger partial charge in [0.25, 0.3) is 0 Å². The summed E-state index contributed by atoms with van der Waals surface area (Å²) < 4.78 is 6.07. The number of oxazole rings is 1. The van der Waals surface area contributed by atoms with Gasteiger partial charge in [0.15, 0.2) is 0 Å². The van der Waals surface area contributed by atoms with Crippen molar-refractivity contribution in [2.24, 2.45) is 0 Å². The third-order valence-electron chi connectivity index (χ3n) is 5.31. The molecular weight excluding hydrogens is 406 g/mol. The second-order valence-electron chi connectivity index (χ2n) is 7.45. The zero-order valence-electron chi connectivity index (χ0n) is 16.7. The van der Waals surface area contributed by atoms with Crippen LogP contribution < -0.4 is 0 Å². The van der Waals surface area contributed by atoms with Gasteiger partial charge < -0.3 is 9.32 Å². The molecule has 0 spiro atoms. The van der Waals surface area contributed by atoms with Crippen LogP contribution in [0.25, 0.3) is 0 Å². The number of likely N-dealkylation sites (tertiary alicyclic amines) is 1. The Hall–Kier alpha value is -2.18. The molecule has 7 heteroatoms. The predicted molar refractivity (Wildman–Crippen MR) is 114 cm³/mol. The number of thiazole rings is 1. The lowest BCUT2D eigenvalue weighted by molar-refractivity contribution is -0.134. The Bertz CT molecular complexity index is 1010. The number of rotatable bonds is 5. The minimum Gasteiger partial charge on any atom is -0.443 e. The first kappa shape index (κ1) is 20.1. The standard InChI is InChI=1S/C22H24ClN3O2S/c1-14-20(29-15(2)25-14)12-21(27)26-10-6-5-9-19(26)22-24-13-17(28-22)11-16-7-3-4-8-18(16)23/h3-4,7-8,13,19H,5-6,9-12H2,1-2H3/t19-/m0/s1. The van der Waals surface area contributed by atoms with Gasteiger partial charge in [-0.1, -0.05) is 29.8 Å². The highest BCUT2D eigenvalue weighted by Crippen LogP contribution is 2.32. The van der Waals surface area contributed by atoms with Crippen molar-refractivity contribution in [2.45, 2.75) is 52.0 Å². The Balaban J connectivity index is 1.50. The maximum absolute atomic E-state index is 13.1. The van der Waals surface area contributed by atoms with Crippen molar-refractivity contribution in [1.82, 2.24) is 14.9 Å². The third-order valence-corrected chi connectivity index (χ3v) is 6.76. The summed E-state index contributed by atoms with van der Waals surface area (Å²) in [6, 6.07) is 7.63. The second-order valence-corrected chi connectivity index (χ2v) is 9.14. The number of nitrogens with zero attached hydrogens (tertiary/aromatic N) is 3. The van der Waals surface area contributed by atoms with Crippen molar-refractivity contribution in [3.63, 3.8) is 0 Å². The molecule has 0 unspecified atom stereocenters. The van der Waals surface area contributed by atoms with Crippen molar-refractivity contribution in [3.05, 3.63) is 68.3 Å². The van der Waals surface area contributed by atoms with Crippen LogP contribution in [0.1, 0.15) is 58.1 Å². The molecule has 1 atom stereocenters. The lowest BCUT2D eigenvalue weighted by Gasteiger charge is -2.33. The Kier molecular flexibility index (Phi) is 6.01. The Morgan fingerprint density at radius 1 is 1.31 bits per heavy atom. The molecule has 0 radical (unpaired) electrons. The van der Waals surface area contributed by atoms with Crippen molar-refractivity contribution in [1.29, 1.82) is 0 Å². The fourth-order valence-electron chi connectivity index (χ4n) is 3.85. The van der Waals surface area contributed by atoms with Gasteiger partial charge in [-0.25, -0.2) is 9.97 Å². The largest absolute Gasteiger partial charge is 0.443 e. The van der Waals surface area contributed by atoms with Crippen LogP contribution in [-0.2, 0) is 17.6 Å². The van der Waals surface area contributed by atoms with Crippen molar-refractivity contribution >= 4 is 28.8 Å². The maximum atomic E-state index is 13.1. The monoisotopic (exact) mass is 429 g/mol. The minimum atomic E-state index is -0.106. The molecule has 2 aromatic heterocycles. The van der Waals surface area contributed by atoms with Gasteiger partial charge in [0.1, 0.15) is 11.8 Å². The molecule has 1 aliphatic rings. The van der Waals surface area contributed by atoms with E-state index < -0.39 is 0 Å². The lowest BCUT2D eigenvalue weighted by atomic mass is 10.0. The number of aryl methyl sites for hydroxylation is 2. The van der Waals surface area contributed by atoms with Crippen LogP contribution in [0.5, 0.6) is 0 Å². The molecule has 1 saturated heterocycles. The predicted octanol–water partition coefficient (Wildman–Crippen LogP) is 5.29. The van der Waals surface area contributed by atoms with Gasteiger partial charge in [0.2, 0.25) is 11.8 Å². The van der Waals surface area contributed by atoms with Crippen LogP contribution in [0.15, 0.2) is 34.9 Å². The highest BCUT2D eigenvalue weighted by molar-refractivity contribution is 7.11. The van der Waals surface area contributed by atoms with E-state index >= 15 is 0 Å². The van der Waals surface area contributed by atoms with E-state index in [0.717, 1.165) is 57.7 Å². The molecule has 29 heavy (non-hydrogen) atoms. The molecule has 4 rings (SSSR count). The van der Waals surface area contributed by atoms with Gasteiger partial charge in [0, 0.05) is 22.9 Å².